The van der Waals surface area contributed by atoms with Crippen molar-refractivity contribution in [1.82, 2.24) is 10.6 Å². The number of ether oxygens (including phenoxy) is 1. The van der Waals surface area contributed by atoms with Crippen molar-refractivity contribution in [3.05, 3.63) is 11.3 Å². The lowest BCUT2D eigenvalue weighted by atomic mass is 10.2. The van der Waals surface area contributed by atoms with Crippen LogP contribution < -0.4 is 10.6 Å². The molecule has 76 valence electrons. The quantitative estimate of drug-likeness (QED) is 0.361. The molecule has 1 aliphatic rings. The molecule has 0 unspecified atom stereocenters. The molecule has 0 radical (unpaired) electrons. The van der Waals surface area contributed by atoms with Gasteiger partial charge in [-0.3, -0.25) is 10.1 Å². The minimum atomic E-state index is -0.631. The predicted molar refractivity (Wildman–Crippen MR) is 46.0 cm³/mol. The van der Waals surface area contributed by atoms with E-state index in [1.54, 1.807) is 6.92 Å². The topological polar surface area (TPSA) is 84.5 Å². The van der Waals surface area contributed by atoms with Crippen LogP contribution in [0.2, 0.25) is 0 Å². The van der Waals surface area contributed by atoms with Crippen molar-refractivity contribution < 1.29 is 19.1 Å². The van der Waals surface area contributed by atoms with Gasteiger partial charge in [-0.2, -0.15) is 0 Å². The van der Waals surface area contributed by atoms with Gasteiger partial charge < -0.3 is 10.1 Å². The fraction of sp³-hybridized carbons (Fsp3) is 0.375. The number of esters is 1. The highest BCUT2D eigenvalue weighted by Crippen LogP contribution is 2.07. The first kappa shape index (κ1) is 10.2. The fourth-order valence-corrected chi connectivity index (χ4v) is 0.973. The molecule has 2 N–H and O–H groups in total. The zero-order valence-corrected chi connectivity index (χ0v) is 7.84. The number of carbonyl (C=O) groups is 3. The van der Waals surface area contributed by atoms with Crippen molar-refractivity contribution in [2.75, 3.05) is 6.61 Å². The van der Waals surface area contributed by atoms with E-state index in [-0.39, 0.29) is 17.9 Å². The van der Waals surface area contributed by atoms with Gasteiger partial charge in [0, 0.05) is 0 Å². The molecule has 1 aliphatic heterocycles. The number of imide groups is 1. The summed E-state index contributed by atoms with van der Waals surface area (Å²) in [6.45, 7) is 3.29. The maximum atomic E-state index is 11.2. The summed E-state index contributed by atoms with van der Waals surface area (Å²) in [5.41, 5.74) is 0.0450. The Hall–Kier alpha value is -1.85. The van der Waals surface area contributed by atoms with Crippen molar-refractivity contribution in [3.63, 3.8) is 0 Å². The van der Waals surface area contributed by atoms with Gasteiger partial charge in [-0.05, 0) is 13.8 Å². The van der Waals surface area contributed by atoms with E-state index in [0.29, 0.717) is 0 Å². The van der Waals surface area contributed by atoms with Gasteiger partial charge in [0.2, 0.25) is 0 Å². The Balaban J connectivity index is 2.88. The molecule has 0 aromatic carbocycles. The van der Waals surface area contributed by atoms with E-state index in [4.69, 9.17) is 0 Å². The Morgan fingerprint density at radius 2 is 2.00 bits per heavy atom. The summed E-state index contributed by atoms with van der Waals surface area (Å²) in [4.78, 5) is 33.0. The van der Waals surface area contributed by atoms with Gasteiger partial charge in [-0.15, -0.1) is 0 Å². The number of hydrogen-bond donors (Lipinski definition) is 2. The third kappa shape index (κ3) is 1.90. The number of amides is 3. The van der Waals surface area contributed by atoms with E-state index < -0.39 is 17.9 Å². The predicted octanol–water partition coefficient (Wildman–Crippen LogP) is -0.337. The summed E-state index contributed by atoms with van der Waals surface area (Å²) in [5, 5.41) is 4.21. The lowest BCUT2D eigenvalue weighted by molar-refractivity contribution is -0.138. The van der Waals surface area contributed by atoms with Crippen LogP contribution >= 0.6 is 0 Å². The van der Waals surface area contributed by atoms with E-state index in [1.165, 1.54) is 6.92 Å². The van der Waals surface area contributed by atoms with Crippen LogP contribution in [0.25, 0.3) is 0 Å². The van der Waals surface area contributed by atoms with Crippen molar-refractivity contribution in [1.29, 1.82) is 0 Å². The average Bonchev–Trinajstić information content (AvgIpc) is 2.44. The van der Waals surface area contributed by atoms with Gasteiger partial charge in [0.15, 0.2) is 0 Å². The van der Waals surface area contributed by atoms with Crippen LogP contribution in [0.15, 0.2) is 11.3 Å². The summed E-state index contributed by atoms with van der Waals surface area (Å²) in [5.74, 6) is -1.22. The highest BCUT2D eigenvalue weighted by molar-refractivity contribution is 6.14. The van der Waals surface area contributed by atoms with Crippen molar-refractivity contribution in [3.8, 4) is 0 Å². The SMILES string of the molecule is CCOC(=O)C(C)=C1NC(=O)NC1=O. The monoisotopic (exact) mass is 198 g/mol. The first-order valence-corrected chi connectivity index (χ1v) is 4.06. The second-order valence-electron chi connectivity index (χ2n) is 2.63. The van der Waals surface area contributed by atoms with Gasteiger partial charge >= 0.3 is 12.0 Å². The van der Waals surface area contributed by atoms with Crippen LogP contribution in [0.5, 0.6) is 0 Å². The molecule has 1 heterocycles. The van der Waals surface area contributed by atoms with E-state index in [0.717, 1.165) is 0 Å². The van der Waals surface area contributed by atoms with Crippen LogP contribution in [0.1, 0.15) is 13.8 Å². The molecule has 0 aromatic rings. The van der Waals surface area contributed by atoms with Crippen LogP contribution in [-0.2, 0) is 14.3 Å². The highest BCUT2D eigenvalue weighted by atomic mass is 16.5. The standard InChI is InChI=1S/C8H10N2O4/c1-3-14-7(12)4(2)5-6(11)10-8(13)9-5/h3H2,1-2H3,(H2,9,10,11,13). The molecular formula is C8H10N2O4. The van der Waals surface area contributed by atoms with Crippen LogP contribution in [-0.4, -0.2) is 24.5 Å². The number of rotatable bonds is 2. The third-order valence-electron chi connectivity index (χ3n) is 1.65. The maximum Gasteiger partial charge on any atom is 0.336 e. The summed E-state index contributed by atoms with van der Waals surface area (Å²) in [7, 11) is 0. The smallest absolute Gasteiger partial charge is 0.336 e. The third-order valence-corrected chi connectivity index (χ3v) is 1.65. The average molecular weight is 198 g/mol. The van der Waals surface area contributed by atoms with Crippen LogP contribution in [0.4, 0.5) is 4.79 Å². The first-order chi connectivity index (χ1) is 6.56. The summed E-state index contributed by atoms with van der Waals surface area (Å²) in [6, 6.07) is -0.631. The molecule has 0 aromatic heterocycles. The first-order valence-electron chi connectivity index (χ1n) is 4.06. The molecule has 6 heteroatoms. The van der Waals surface area contributed by atoms with E-state index >= 15 is 0 Å². The minimum absolute atomic E-state index is 0.0477. The normalized spacial score (nSPS) is 18.7. The molecule has 0 atom stereocenters. The lowest BCUT2D eigenvalue weighted by Gasteiger charge is -2.02. The van der Waals surface area contributed by atoms with Crippen LogP contribution in [0.3, 0.4) is 0 Å². The second kappa shape index (κ2) is 3.91. The lowest BCUT2D eigenvalue weighted by Crippen LogP contribution is -2.22. The number of hydrogen-bond acceptors (Lipinski definition) is 4. The Morgan fingerprint density at radius 3 is 2.43 bits per heavy atom. The van der Waals surface area contributed by atoms with E-state index in [9.17, 15) is 14.4 Å². The zero-order valence-electron chi connectivity index (χ0n) is 7.84. The van der Waals surface area contributed by atoms with Gasteiger partial charge in [-0.1, -0.05) is 0 Å². The Kier molecular flexibility index (Phi) is 2.85. The fourth-order valence-electron chi connectivity index (χ4n) is 0.973. The Morgan fingerprint density at radius 1 is 1.36 bits per heavy atom. The zero-order chi connectivity index (χ0) is 10.7. The Labute approximate surface area is 80.3 Å². The molecule has 1 rings (SSSR count). The molecule has 1 saturated heterocycles. The number of carbonyl (C=O) groups excluding carboxylic acids is 3. The van der Waals surface area contributed by atoms with Gasteiger partial charge in [-0.25, -0.2) is 9.59 Å². The summed E-state index contributed by atoms with van der Waals surface area (Å²) < 4.78 is 4.67. The number of nitrogens with one attached hydrogen (secondary N) is 2. The molecule has 1 fully saturated rings. The van der Waals surface area contributed by atoms with Gasteiger partial charge in [0.1, 0.15) is 5.70 Å². The maximum absolute atomic E-state index is 11.2. The molecule has 14 heavy (non-hydrogen) atoms. The highest BCUT2D eigenvalue weighted by Gasteiger charge is 2.27. The largest absolute Gasteiger partial charge is 0.463 e. The van der Waals surface area contributed by atoms with Crippen molar-refractivity contribution in [2.24, 2.45) is 0 Å². The van der Waals surface area contributed by atoms with E-state index in [2.05, 4.69) is 10.1 Å². The summed E-state index contributed by atoms with van der Waals surface area (Å²) >= 11 is 0. The second-order valence-corrected chi connectivity index (χ2v) is 2.63. The summed E-state index contributed by atoms with van der Waals surface area (Å²) in [6.07, 6.45) is 0. The van der Waals surface area contributed by atoms with Gasteiger partial charge in [0.25, 0.3) is 5.91 Å². The van der Waals surface area contributed by atoms with Crippen LogP contribution in [0, 0.1) is 0 Å². The molecule has 6 nitrogen and oxygen atoms in total. The molecule has 0 aliphatic carbocycles. The van der Waals surface area contributed by atoms with Gasteiger partial charge in [0.05, 0.1) is 12.2 Å². The van der Waals surface area contributed by atoms with Crippen molar-refractivity contribution >= 4 is 17.9 Å². The molecule has 0 saturated carbocycles. The molecule has 0 spiro atoms. The Bertz CT molecular complexity index is 332. The molecule has 3 amide bonds. The van der Waals surface area contributed by atoms with E-state index in [1.807, 2.05) is 5.32 Å². The number of urea groups is 1. The molecular weight excluding hydrogens is 188 g/mol. The van der Waals surface area contributed by atoms with Crippen molar-refractivity contribution in [2.45, 2.75) is 13.8 Å². The minimum Gasteiger partial charge on any atom is -0.463 e. The molecule has 0 bridgehead atoms.